The lowest BCUT2D eigenvalue weighted by Crippen LogP contribution is -2.35. The van der Waals surface area contributed by atoms with Crippen molar-refractivity contribution in [3.05, 3.63) is 46.5 Å². The molecule has 2 aromatic heterocycles. The van der Waals surface area contributed by atoms with Gasteiger partial charge in [-0.3, -0.25) is 9.48 Å². The molecule has 1 atom stereocenters. The molecule has 35 heavy (non-hydrogen) atoms. The number of nitrogens with zero attached hydrogens (tertiary/aromatic N) is 5. The first-order valence-corrected chi connectivity index (χ1v) is 12.5. The fourth-order valence-corrected chi connectivity index (χ4v) is 5.79. The number of fused-ring (bicyclic) bond motifs is 3. The standard InChI is InChI=1S/C25H30ClN5O4/c1-15(12-30-13-19(26)11-27-30)31-21-8-7-16-9-10-29(25(34)35-2)14-20(16)22(21)28-23(31)17-3-5-18(6-4-17)24(32)33/h7-8,11,13,15,17-18H,3-6,9-10,12,14H2,1-2H3,(H,32,33)/t15-,17-,18-/m0/s1. The van der Waals surface area contributed by atoms with E-state index in [9.17, 15) is 14.7 Å². The maximum atomic E-state index is 12.2. The molecule has 1 aromatic carbocycles. The number of hydrogen-bond acceptors (Lipinski definition) is 5. The van der Waals surface area contributed by atoms with Crippen molar-refractivity contribution in [2.24, 2.45) is 5.92 Å². The van der Waals surface area contributed by atoms with Crippen LogP contribution in [0, 0.1) is 5.92 Å². The Morgan fingerprint density at radius 1 is 1.26 bits per heavy atom. The number of aliphatic carboxylic acids is 1. The number of carboxylic acid groups (broad SMARTS) is 1. The predicted molar refractivity (Wildman–Crippen MR) is 131 cm³/mol. The van der Waals surface area contributed by atoms with E-state index in [-0.39, 0.29) is 24.0 Å². The van der Waals surface area contributed by atoms with Crippen LogP contribution in [0.5, 0.6) is 0 Å². The van der Waals surface area contributed by atoms with Crippen LogP contribution in [0.15, 0.2) is 24.5 Å². The average Bonchev–Trinajstić information content (AvgIpc) is 3.46. The van der Waals surface area contributed by atoms with E-state index in [1.165, 1.54) is 12.7 Å². The summed E-state index contributed by atoms with van der Waals surface area (Å²) in [6, 6.07) is 4.32. The number of ether oxygens (including phenoxy) is 1. The van der Waals surface area contributed by atoms with Crippen LogP contribution in [0.4, 0.5) is 4.79 Å². The molecule has 1 fully saturated rings. The Labute approximate surface area is 208 Å². The summed E-state index contributed by atoms with van der Waals surface area (Å²) >= 11 is 6.09. The molecule has 3 heterocycles. The zero-order chi connectivity index (χ0) is 24.7. The normalized spacial score (nSPS) is 21.1. The van der Waals surface area contributed by atoms with Crippen molar-refractivity contribution in [1.29, 1.82) is 0 Å². The van der Waals surface area contributed by atoms with E-state index in [0.717, 1.165) is 41.7 Å². The molecule has 5 rings (SSSR count). The fraction of sp³-hybridized carbons (Fsp3) is 0.520. The molecule has 186 valence electrons. The first-order chi connectivity index (χ1) is 16.9. The molecule has 9 nitrogen and oxygen atoms in total. The van der Waals surface area contributed by atoms with Gasteiger partial charge >= 0.3 is 12.1 Å². The van der Waals surface area contributed by atoms with Crippen LogP contribution >= 0.6 is 11.6 Å². The van der Waals surface area contributed by atoms with E-state index in [0.29, 0.717) is 37.5 Å². The van der Waals surface area contributed by atoms with Crippen LogP contribution in [0.2, 0.25) is 5.02 Å². The first-order valence-electron chi connectivity index (χ1n) is 12.1. The second-order valence-electron chi connectivity index (χ2n) is 9.67. The predicted octanol–water partition coefficient (Wildman–Crippen LogP) is 4.63. The molecule has 1 saturated carbocycles. The zero-order valence-electron chi connectivity index (χ0n) is 20.0. The van der Waals surface area contributed by atoms with E-state index >= 15 is 0 Å². The molecule has 1 amide bonds. The lowest BCUT2D eigenvalue weighted by Gasteiger charge is -2.28. The van der Waals surface area contributed by atoms with Gasteiger partial charge in [0.25, 0.3) is 0 Å². The summed E-state index contributed by atoms with van der Waals surface area (Å²) in [5.41, 5.74) is 4.20. The summed E-state index contributed by atoms with van der Waals surface area (Å²) in [6.45, 7) is 3.85. The molecule has 10 heteroatoms. The van der Waals surface area contributed by atoms with Crippen LogP contribution in [0.3, 0.4) is 0 Å². The Bertz CT molecular complexity index is 1260. The van der Waals surface area contributed by atoms with Gasteiger partial charge in [-0.2, -0.15) is 5.10 Å². The van der Waals surface area contributed by atoms with E-state index < -0.39 is 5.97 Å². The molecule has 0 saturated heterocycles. The third-order valence-electron chi connectivity index (χ3n) is 7.46. The molecular weight excluding hydrogens is 470 g/mol. The maximum Gasteiger partial charge on any atom is 0.409 e. The van der Waals surface area contributed by atoms with Crippen molar-refractivity contribution < 1.29 is 19.4 Å². The van der Waals surface area contributed by atoms with E-state index in [2.05, 4.69) is 28.7 Å². The molecule has 0 unspecified atom stereocenters. The van der Waals surface area contributed by atoms with Crippen LogP contribution < -0.4 is 0 Å². The number of benzene rings is 1. The van der Waals surface area contributed by atoms with Crippen molar-refractivity contribution in [2.45, 2.75) is 64.1 Å². The molecule has 3 aromatic rings. The van der Waals surface area contributed by atoms with E-state index in [4.69, 9.17) is 21.3 Å². The fourth-order valence-electron chi connectivity index (χ4n) is 5.64. The third-order valence-corrected chi connectivity index (χ3v) is 7.65. The molecule has 0 spiro atoms. The number of carbonyl (C=O) groups is 2. The zero-order valence-corrected chi connectivity index (χ0v) is 20.7. The van der Waals surface area contributed by atoms with Crippen LogP contribution in [0.1, 0.15) is 61.5 Å². The number of carboxylic acids is 1. The minimum absolute atomic E-state index is 0.0431. The highest BCUT2D eigenvalue weighted by Crippen LogP contribution is 2.39. The Morgan fingerprint density at radius 3 is 2.69 bits per heavy atom. The summed E-state index contributed by atoms with van der Waals surface area (Å²) in [5, 5.41) is 14.4. The summed E-state index contributed by atoms with van der Waals surface area (Å²) in [7, 11) is 1.40. The van der Waals surface area contributed by atoms with Gasteiger partial charge in [-0.25, -0.2) is 9.78 Å². The topological polar surface area (TPSA) is 102 Å². The van der Waals surface area contributed by atoms with Gasteiger partial charge in [0.2, 0.25) is 0 Å². The lowest BCUT2D eigenvalue weighted by atomic mass is 9.81. The smallest absolute Gasteiger partial charge is 0.409 e. The summed E-state index contributed by atoms with van der Waals surface area (Å²) in [5.74, 6) is 0.169. The van der Waals surface area contributed by atoms with Gasteiger partial charge in [0.15, 0.2) is 0 Å². The van der Waals surface area contributed by atoms with E-state index in [1.54, 1.807) is 11.1 Å². The van der Waals surface area contributed by atoms with Gasteiger partial charge in [-0.1, -0.05) is 17.7 Å². The van der Waals surface area contributed by atoms with Crippen LogP contribution in [-0.4, -0.2) is 55.1 Å². The van der Waals surface area contributed by atoms with Gasteiger partial charge in [-0.15, -0.1) is 0 Å². The molecule has 1 aliphatic heterocycles. The highest BCUT2D eigenvalue weighted by Gasteiger charge is 2.32. The average molecular weight is 500 g/mol. The van der Waals surface area contributed by atoms with Crippen LogP contribution in [0.25, 0.3) is 11.0 Å². The second kappa shape index (κ2) is 9.53. The number of rotatable bonds is 5. The highest BCUT2D eigenvalue weighted by atomic mass is 35.5. The number of hydrogen-bond donors (Lipinski definition) is 1. The number of amides is 1. The van der Waals surface area contributed by atoms with Gasteiger partial charge in [-0.05, 0) is 50.7 Å². The number of imidazole rings is 1. The molecule has 2 aliphatic rings. The number of methoxy groups -OCH3 is 1. The number of halogens is 1. The quantitative estimate of drug-likeness (QED) is 0.549. The summed E-state index contributed by atoms with van der Waals surface area (Å²) in [4.78, 5) is 30.7. The van der Waals surface area contributed by atoms with Gasteiger partial charge in [0, 0.05) is 24.2 Å². The van der Waals surface area contributed by atoms with Gasteiger partial charge < -0.3 is 19.3 Å². The van der Waals surface area contributed by atoms with Crippen molar-refractivity contribution in [3.8, 4) is 0 Å². The highest BCUT2D eigenvalue weighted by molar-refractivity contribution is 6.30. The Kier molecular flexibility index (Phi) is 6.44. The minimum atomic E-state index is -0.710. The molecule has 1 aliphatic carbocycles. The molecule has 1 N–H and O–H groups in total. The van der Waals surface area contributed by atoms with Gasteiger partial charge in [0.1, 0.15) is 5.82 Å². The Hall–Kier alpha value is -3.07. The first kappa shape index (κ1) is 23.7. The summed E-state index contributed by atoms with van der Waals surface area (Å²) in [6.07, 6.45) is 6.75. The largest absolute Gasteiger partial charge is 0.481 e. The monoisotopic (exact) mass is 499 g/mol. The molecule has 0 radical (unpaired) electrons. The third kappa shape index (κ3) is 4.49. The van der Waals surface area contributed by atoms with Gasteiger partial charge in [0.05, 0.1) is 54.4 Å². The lowest BCUT2D eigenvalue weighted by molar-refractivity contribution is -0.142. The second-order valence-corrected chi connectivity index (χ2v) is 10.1. The Balaban J connectivity index is 1.56. The molecule has 0 bridgehead atoms. The van der Waals surface area contributed by atoms with Crippen molar-refractivity contribution in [3.63, 3.8) is 0 Å². The molecular formula is C25H30ClN5O4. The SMILES string of the molecule is COC(=O)N1CCc2ccc3c(nc([C@H]4CC[C@H](C(=O)O)CC4)n3[C@@H](C)Cn3cc(Cl)cn3)c2C1. The summed E-state index contributed by atoms with van der Waals surface area (Å²) < 4.78 is 9.09. The van der Waals surface area contributed by atoms with Crippen molar-refractivity contribution in [2.75, 3.05) is 13.7 Å². The van der Waals surface area contributed by atoms with Crippen molar-refractivity contribution >= 4 is 34.7 Å². The number of carbonyl (C=O) groups excluding carboxylic acids is 1. The number of aromatic nitrogens is 4. The maximum absolute atomic E-state index is 12.2. The minimum Gasteiger partial charge on any atom is -0.481 e. The Morgan fingerprint density at radius 2 is 2.03 bits per heavy atom. The van der Waals surface area contributed by atoms with E-state index in [1.807, 2.05) is 10.9 Å². The van der Waals surface area contributed by atoms with Crippen LogP contribution in [-0.2, 0) is 29.0 Å². The van der Waals surface area contributed by atoms with Crippen molar-refractivity contribution in [1.82, 2.24) is 24.2 Å².